The molecule has 1 saturated carbocycles. The third-order valence-corrected chi connectivity index (χ3v) is 5.67. The third kappa shape index (κ3) is 2.72. The van der Waals surface area contributed by atoms with Gasteiger partial charge < -0.3 is 5.11 Å². The van der Waals surface area contributed by atoms with Crippen LogP contribution in [-0.4, -0.2) is 21.1 Å². The topological polar surface area (TPSA) is 55.1 Å². The molecule has 0 saturated heterocycles. The summed E-state index contributed by atoms with van der Waals surface area (Å²) in [5.74, 6) is 0.151. The minimum Gasteiger partial charge on any atom is -0.505 e. The van der Waals surface area contributed by atoms with Crippen LogP contribution in [0.5, 0.6) is 5.75 Å². The molecule has 0 radical (unpaired) electrons. The molecule has 1 aliphatic rings. The monoisotopic (exact) mass is 362 g/mol. The van der Waals surface area contributed by atoms with Crippen molar-refractivity contribution in [1.82, 2.24) is 9.55 Å². The first-order valence-corrected chi connectivity index (χ1v) is 8.89. The fourth-order valence-electron chi connectivity index (χ4n) is 3.02. The highest BCUT2D eigenvalue weighted by Gasteiger charge is 2.30. The Morgan fingerprint density at radius 3 is 2.72 bits per heavy atom. The minimum atomic E-state index is -2.68. The summed E-state index contributed by atoms with van der Waals surface area (Å²) >= 11 is 1.29. The Hall–Kier alpha value is -2.28. The SMILES string of the molecule is Cc1ccccc1-c1c(O)c2sc(C3CC3)nc2n(CC(F)F)c1=O. The maximum absolute atomic E-state index is 13.1. The van der Waals surface area contributed by atoms with E-state index in [2.05, 4.69) is 4.98 Å². The Morgan fingerprint density at radius 1 is 1.36 bits per heavy atom. The van der Waals surface area contributed by atoms with E-state index in [1.54, 1.807) is 12.1 Å². The van der Waals surface area contributed by atoms with Crippen molar-refractivity contribution in [3.05, 3.63) is 45.2 Å². The molecule has 2 heterocycles. The van der Waals surface area contributed by atoms with Crippen molar-refractivity contribution in [3.63, 3.8) is 0 Å². The predicted octanol–water partition coefficient (Wildman–Crippen LogP) is 4.28. The van der Waals surface area contributed by atoms with Crippen LogP contribution in [0.3, 0.4) is 0 Å². The lowest BCUT2D eigenvalue weighted by Crippen LogP contribution is -2.25. The molecule has 3 aromatic rings. The molecular weight excluding hydrogens is 346 g/mol. The Morgan fingerprint density at radius 2 is 2.08 bits per heavy atom. The van der Waals surface area contributed by atoms with Crippen molar-refractivity contribution >= 4 is 21.7 Å². The second-order valence-electron chi connectivity index (χ2n) is 6.32. The molecule has 0 bridgehead atoms. The number of halogens is 2. The van der Waals surface area contributed by atoms with E-state index in [-0.39, 0.29) is 17.0 Å². The fraction of sp³-hybridized carbons (Fsp3) is 0.333. The number of aromatic nitrogens is 2. The molecule has 4 nitrogen and oxygen atoms in total. The van der Waals surface area contributed by atoms with Crippen LogP contribution in [0.25, 0.3) is 21.5 Å². The Kier molecular flexibility index (Phi) is 3.83. The summed E-state index contributed by atoms with van der Waals surface area (Å²) in [4.78, 5) is 17.3. The molecule has 0 atom stereocenters. The van der Waals surface area contributed by atoms with E-state index in [0.717, 1.165) is 28.0 Å². The van der Waals surface area contributed by atoms with Crippen molar-refractivity contribution in [2.24, 2.45) is 0 Å². The second kappa shape index (κ2) is 5.91. The van der Waals surface area contributed by atoms with Crippen molar-refractivity contribution < 1.29 is 13.9 Å². The number of fused-ring (bicyclic) bond motifs is 1. The molecule has 0 unspecified atom stereocenters. The Labute approximate surface area is 146 Å². The first kappa shape index (κ1) is 16.2. The van der Waals surface area contributed by atoms with Gasteiger partial charge in [-0.1, -0.05) is 24.3 Å². The van der Waals surface area contributed by atoms with Gasteiger partial charge in [-0.2, -0.15) is 0 Å². The number of hydrogen-bond donors (Lipinski definition) is 1. The zero-order valence-electron chi connectivity index (χ0n) is 13.5. The van der Waals surface area contributed by atoms with E-state index in [1.807, 2.05) is 19.1 Å². The fourth-order valence-corrected chi connectivity index (χ4v) is 4.21. The molecule has 2 aromatic heterocycles. The summed E-state index contributed by atoms with van der Waals surface area (Å²) < 4.78 is 27.6. The predicted molar refractivity (Wildman–Crippen MR) is 93.7 cm³/mol. The summed E-state index contributed by atoms with van der Waals surface area (Å²) in [6.45, 7) is 1.08. The van der Waals surface area contributed by atoms with Gasteiger partial charge in [0.1, 0.15) is 10.4 Å². The molecule has 0 spiro atoms. The van der Waals surface area contributed by atoms with Crippen LogP contribution in [0, 0.1) is 6.92 Å². The third-order valence-electron chi connectivity index (χ3n) is 4.45. The molecule has 1 fully saturated rings. The van der Waals surface area contributed by atoms with Crippen LogP contribution in [0.1, 0.15) is 29.3 Å². The van der Waals surface area contributed by atoms with Gasteiger partial charge >= 0.3 is 0 Å². The van der Waals surface area contributed by atoms with E-state index in [0.29, 0.717) is 16.2 Å². The van der Waals surface area contributed by atoms with E-state index >= 15 is 0 Å². The molecule has 1 aliphatic carbocycles. The summed E-state index contributed by atoms with van der Waals surface area (Å²) in [6, 6.07) is 7.11. The van der Waals surface area contributed by atoms with Gasteiger partial charge in [0.15, 0.2) is 5.65 Å². The first-order chi connectivity index (χ1) is 12.0. The molecule has 4 rings (SSSR count). The molecule has 0 amide bonds. The van der Waals surface area contributed by atoms with Gasteiger partial charge in [0.05, 0.1) is 17.1 Å². The van der Waals surface area contributed by atoms with E-state index < -0.39 is 18.5 Å². The molecule has 130 valence electrons. The number of thiazole rings is 1. The molecule has 1 aromatic carbocycles. The van der Waals surface area contributed by atoms with Gasteiger partial charge in [0, 0.05) is 5.92 Å². The average Bonchev–Trinajstić information content (AvgIpc) is 3.32. The highest BCUT2D eigenvalue weighted by atomic mass is 32.1. The molecule has 25 heavy (non-hydrogen) atoms. The number of rotatable bonds is 4. The van der Waals surface area contributed by atoms with Crippen LogP contribution < -0.4 is 5.56 Å². The molecule has 0 aliphatic heterocycles. The summed E-state index contributed by atoms with van der Waals surface area (Å²) in [5, 5.41) is 11.6. The minimum absolute atomic E-state index is 0.0669. The number of pyridine rings is 1. The van der Waals surface area contributed by atoms with Crippen molar-refractivity contribution in [1.29, 1.82) is 0 Å². The largest absolute Gasteiger partial charge is 0.505 e. The smallest absolute Gasteiger partial charge is 0.264 e. The lowest BCUT2D eigenvalue weighted by Gasteiger charge is -2.13. The zero-order valence-corrected chi connectivity index (χ0v) is 14.3. The van der Waals surface area contributed by atoms with Crippen LogP contribution in [-0.2, 0) is 6.54 Å². The Balaban J connectivity index is 2.06. The highest BCUT2D eigenvalue weighted by Crippen LogP contribution is 2.46. The number of hydrogen-bond acceptors (Lipinski definition) is 4. The summed E-state index contributed by atoms with van der Waals surface area (Å²) in [6.07, 6.45) is -0.671. The normalized spacial score (nSPS) is 14.6. The van der Waals surface area contributed by atoms with E-state index in [1.165, 1.54) is 11.3 Å². The highest BCUT2D eigenvalue weighted by molar-refractivity contribution is 7.19. The van der Waals surface area contributed by atoms with Crippen LogP contribution in [0.2, 0.25) is 0 Å². The average molecular weight is 362 g/mol. The standard InChI is InChI=1S/C18H16F2N2O2S/c1-9-4-2-3-5-11(9)13-14(23)15-16(21-17(25-15)10-6-7-10)22(18(13)24)8-12(19)20/h2-5,10,12,23H,6-8H2,1H3. The maximum Gasteiger partial charge on any atom is 0.264 e. The lowest BCUT2D eigenvalue weighted by molar-refractivity contribution is 0.126. The molecule has 1 N–H and O–H groups in total. The first-order valence-electron chi connectivity index (χ1n) is 8.07. The second-order valence-corrected chi connectivity index (χ2v) is 7.36. The van der Waals surface area contributed by atoms with Gasteiger partial charge in [0.2, 0.25) is 0 Å². The number of aryl methyl sites for hydroxylation is 1. The number of benzene rings is 1. The van der Waals surface area contributed by atoms with Crippen molar-refractivity contribution in [3.8, 4) is 16.9 Å². The van der Waals surface area contributed by atoms with Crippen LogP contribution in [0.15, 0.2) is 29.1 Å². The van der Waals surface area contributed by atoms with Gasteiger partial charge in [0.25, 0.3) is 12.0 Å². The van der Waals surface area contributed by atoms with Gasteiger partial charge in [-0.3, -0.25) is 9.36 Å². The zero-order chi connectivity index (χ0) is 17.7. The number of aromatic hydroxyl groups is 1. The van der Waals surface area contributed by atoms with Gasteiger partial charge in [-0.05, 0) is 30.9 Å². The quantitative estimate of drug-likeness (QED) is 0.754. The number of nitrogens with zero attached hydrogens (tertiary/aromatic N) is 2. The van der Waals surface area contributed by atoms with Gasteiger partial charge in [-0.15, -0.1) is 11.3 Å². The van der Waals surface area contributed by atoms with Crippen molar-refractivity contribution in [2.45, 2.75) is 38.7 Å². The Bertz CT molecular complexity index is 1020. The molecule has 7 heteroatoms. The van der Waals surface area contributed by atoms with Crippen LogP contribution in [0.4, 0.5) is 8.78 Å². The van der Waals surface area contributed by atoms with Crippen LogP contribution >= 0.6 is 11.3 Å². The maximum atomic E-state index is 13.1. The summed E-state index contributed by atoms with van der Waals surface area (Å²) in [7, 11) is 0. The van der Waals surface area contributed by atoms with E-state index in [4.69, 9.17) is 0 Å². The lowest BCUT2D eigenvalue weighted by atomic mass is 10.0. The van der Waals surface area contributed by atoms with E-state index in [9.17, 15) is 18.7 Å². The summed E-state index contributed by atoms with van der Waals surface area (Å²) in [5.41, 5.74) is 0.942. The number of alkyl halides is 2. The molecular formula is C18H16F2N2O2S. The van der Waals surface area contributed by atoms with Gasteiger partial charge in [-0.25, -0.2) is 13.8 Å². The van der Waals surface area contributed by atoms with Crippen molar-refractivity contribution in [2.75, 3.05) is 0 Å².